The van der Waals surface area contributed by atoms with E-state index in [1.165, 1.54) is 38.1 Å². The van der Waals surface area contributed by atoms with Gasteiger partial charge in [0, 0.05) is 0 Å². The molecule has 0 unspecified atom stereocenters. The van der Waals surface area contributed by atoms with Gasteiger partial charge >= 0.3 is 5.97 Å². The monoisotopic (exact) mass is 334 g/mol. The molecule has 0 aliphatic heterocycles. The standard InChI is InChI=1S/C13H18O6S2/c1-10(2)20(16,17)7-8-21(18,19)12-5-3-11(4-6-12)9-13(14)15/h3-6,10H,7-9H2,1-2H3,(H,14,15). The molecule has 6 nitrogen and oxygen atoms in total. The Morgan fingerprint density at radius 2 is 1.57 bits per heavy atom. The van der Waals surface area contributed by atoms with Crippen molar-refractivity contribution in [1.29, 1.82) is 0 Å². The summed E-state index contributed by atoms with van der Waals surface area (Å²) in [4.78, 5) is 10.5. The summed E-state index contributed by atoms with van der Waals surface area (Å²) in [5, 5.41) is 8.02. The van der Waals surface area contributed by atoms with Gasteiger partial charge in [0.25, 0.3) is 0 Å². The molecule has 0 spiro atoms. The van der Waals surface area contributed by atoms with E-state index >= 15 is 0 Å². The van der Waals surface area contributed by atoms with Gasteiger partial charge < -0.3 is 5.11 Å². The SMILES string of the molecule is CC(C)S(=O)(=O)CCS(=O)(=O)c1ccc(CC(=O)O)cc1. The van der Waals surface area contributed by atoms with Crippen LogP contribution in [-0.2, 0) is 30.9 Å². The Balaban J connectivity index is 2.86. The predicted octanol–water partition coefficient (Wildman–Crippen LogP) is 0.911. The predicted molar refractivity (Wildman–Crippen MR) is 78.8 cm³/mol. The van der Waals surface area contributed by atoms with Gasteiger partial charge in [0.05, 0.1) is 28.1 Å². The molecular weight excluding hydrogens is 316 g/mol. The largest absolute Gasteiger partial charge is 0.481 e. The minimum atomic E-state index is -3.70. The molecule has 118 valence electrons. The van der Waals surface area contributed by atoms with Crippen LogP contribution in [0.2, 0.25) is 0 Å². The fraction of sp³-hybridized carbons (Fsp3) is 0.462. The van der Waals surface area contributed by atoms with Crippen LogP contribution in [0.1, 0.15) is 19.4 Å². The van der Waals surface area contributed by atoms with Gasteiger partial charge in [-0.2, -0.15) is 0 Å². The molecular formula is C13H18O6S2. The van der Waals surface area contributed by atoms with Crippen LogP contribution in [-0.4, -0.2) is 44.7 Å². The highest BCUT2D eigenvalue weighted by atomic mass is 32.2. The maximum atomic E-state index is 12.1. The zero-order valence-corrected chi connectivity index (χ0v) is 13.4. The van der Waals surface area contributed by atoms with E-state index in [-0.39, 0.29) is 11.3 Å². The van der Waals surface area contributed by atoms with Gasteiger partial charge in [0.2, 0.25) is 0 Å². The Morgan fingerprint density at radius 1 is 1.05 bits per heavy atom. The van der Waals surface area contributed by atoms with Crippen LogP contribution in [0.3, 0.4) is 0 Å². The van der Waals surface area contributed by atoms with E-state index in [0.717, 1.165) is 0 Å². The highest BCUT2D eigenvalue weighted by Crippen LogP contribution is 2.14. The second-order valence-corrected chi connectivity index (χ2v) is 9.74. The van der Waals surface area contributed by atoms with Crippen molar-refractivity contribution >= 4 is 25.6 Å². The van der Waals surface area contributed by atoms with Gasteiger partial charge in [-0.25, -0.2) is 16.8 Å². The summed E-state index contributed by atoms with van der Waals surface area (Å²) in [5.41, 5.74) is 0.483. The molecule has 8 heteroatoms. The fourth-order valence-electron chi connectivity index (χ4n) is 1.57. The van der Waals surface area contributed by atoms with Crippen molar-refractivity contribution in [2.45, 2.75) is 30.4 Å². The molecule has 0 bridgehead atoms. The van der Waals surface area contributed by atoms with Crippen molar-refractivity contribution in [1.82, 2.24) is 0 Å². The van der Waals surface area contributed by atoms with Crippen molar-refractivity contribution < 1.29 is 26.7 Å². The highest BCUT2D eigenvalue weighted by Gasteiger charge is 2.22. The Kier molecular flexibility index (Phi) is 5.52. The van der Waals surface area contributed by atoms with E-state index in [1.807, 2.05) is 0 Å². The Morgan fingerprint density at radius 3 is 2.00 bits per heavy atom. The smallest absolute Gasteiger partial charge is 0.307 e. The summed E-state index contributed by atoms with van der Waals surface area (Å²) in [5.74, 6) is -1.91. The van der Waals surface area contributed by atoms with Crippen LogP contribution in [0.15, 0.2) is 29.2 Å². The molecule has 0 aliphatic rings. The number of aliphatic carboxylic acids is 1. The van der Waals surface area contributed by atoms with Crippen LogP contribution in [0.25, 0.3) is 0 Å². The lowest BCUT2D eigenvalue weighted by Crippen LogP contribution is -2.23. The van der Waals surface area contributed by atoms with Gasteiger partial charge in [-0.3, -0.25) is 4.79 Å². The molecule has 1 aromatic carbocycles. The van der Waals surface area contributed by atoms with E-state index in [2.05, 4.69) is 0 Å². The van der Waals surface area contributed by atoms with Gasteiger partial charge in [0.15, 0.2) is 19.7 Å². The molecule has 0 fully saturated rings. The molecule has 1 N–H and O–H groups in total. The molecule has 21 heavy (non-hydrogen) atoms. The lowest BCUT2D eigenvalue weighted by molar-refractivity contribution is -0.136. The second kappa shape index (κ2) is 6.57. The molecule has 1 rings (SSSR count). The van der Waals surface area contributed by atoms with E-state index in [9.17, 15) is 21.6 Å². The van der Waals surface area contributed by atoms with Crippen molar-refractivity contribution in [2.75, 3.05) is 11.5 Å². The van der Waals surface area contributed by atoms with E-state index in [0.29, 0.717) is 5.56 Å². The highest BCUT2D eigenvalue weighted by molar-refractivity contribution is 7.95. The quantitative estimate of drug-likeness (QED) is 0.794. The van der Waals surface area contributed by atoms with Crippen LogP contribution in [0, 0.1) is 0 Å². The third-order valence-corrected chi connectivity index (χ3v) is 7.19. The van der Waals surface area contributed by atoms with Crippen LogP contribution >= 0.6 is 0 Å². The lowest BCUT2D eigenvalue weighted by Gasteiger charge is -2.08. The van der Waals surface area contributed by atoms with Gasteiger partial charge in [0.1, 0.15) is 0 Å². The van der Waals surface area contributed by atoms with Crippen LogP contribution < -0.4 is 0 Å². The van der Waals surface area contributed by atoms with Gasteiger partial charge in [-0.15, -0.1) is 0 Å². The van der Waals surface area contributed by atoms with E-state index in [4.69, 9.17) is 5.11 Å². The number of benzene rings is 1. The summed E-state index contributed by atoms with van der Waals surface area (Å²) in [6.07, 6.45) is -0.192. The molecule has 0 amide bonds. The normalized spacial score (nSPS) is 12.5. The fourth-order valence-corrected chi connectivity index (χ4v) is 4.63. The Labute approximate surface area is 124 Å². The summed E-state index contributed by atoms with van der Waals surface area (Å²) in [6.45, 7) is 3.01. The number of hydrogen-bond donors (Lipinski definition) is 1. The molecule has 0 aromatic heterocycles. The topological polar surface area (TPSA) is 106 Å². The summed E-state index contributed by atoms with van der Waals surface area (Å²) in [7, 11) is -7.12. The van der Waals surface area contributed by atoms with E-state index < -0.39 is 42.4 Å². The molecule has 0 saturated carbocycles. The maximum absolute atomic E-state index is 12.1. The number of carboxylic acids is 1. The average Bonchev–Trinajstić information content (AvgIpc) is 2.36. The third kappa shape index (κ3) is 5.13. The number of rotatable bonds is 7. The van der Waals surface area contributed by atoms with Crippen molar-refractivity contribution in [3.8, 4) is 0 Å². The maximum Gasteiger partial charge on any atom is 0.307 e. The minimum Gasteiger partial charge on any atom is -0.481 e. The van der Waals surface area contributed by atoms with E-state index in [1.54, 1.807) is 0 Å². The van der Waals surface area contributed by atoms with Gasteiger partial charge in [-0.1, -0.05) is 12.1 Å². The van der Waals surface area contributed by atoms with Crippen LogP contribution in [0.4, 0.5) is 0 Å². The molecule has 0 heterocycles. The molecule has 1 aromatic rings. The first-order valence-corrected chi connectivity index (χ1v) is 9.66. The van der Waals surface area contributed by atoms with Crippen molar-refractivity contribution in [3.63, 3.8) is 0 Å². The first-order chi connectivity index (χ1) is 9.54. The Hall–Kier alpha value is -1.41. The summed E-state index contributed by atoms with van der Waals surface area (Å²) in [6, 6.07) is 5.43. The third-order valence-electron chi connectivity index (χ3n) is 2.99. The van der Waals surface area contributed by atoms with Gasteiger partial charge in [-0.05, 0) is 31.5 Å². The number of hydrogen-bond acceptors (Lipinski definition) is 5. The number of carboxylic acid groups (broad SMARTS) is 1. The number of sulfone groups is 2. The summed E-state index contributed by atoms with van der Waals surface area (Å²) < 4.78 is 47.4. The molecule has 0 saturated heterocycles. The molecule has 0 aliphatic carbocycles. The van der Waals surface area contributed by atoms with Crippen molar-refractivity contribution in [2.24, 2.45) is 0 Å². The zero-order chi connectivity index (χ0) is 16.3. The lowest BCUT2D eigenvalue weighted by atomic mass is 10.2. The minimum absolute atomic E-state index is 0.00408. The molecule has 0 atom stereocenters. The Bertz CT molecular complexity index is 700. The first kappa shape index (κ1) is 17.6. The zero-order valence-electron chi connectivity index (χ0n) is 11.8. The summed E-state index contributed by atoms with van der Waals surface area (Å²) >= 11 is 0. The van der Waals surface area contributed by atoms with Crippen LogP contribution in [0.5, 0.6) is 0 Å². The average molecular weight is 334 g/mol. The molecule has 0 radical (unpaired) electrons. The first-order valence-electron chi connectivity index (χ1n) is 6.29. The van der Waals surface area contributed by atoms with Crippen molar-refractivity contribution in [3.05, 3.63) is 29.8 Å². The second-order valence-electron chi connectivity index (χ2n) is 4.95. The number of carbonyl (C=O) groups is 1.